The Morgan fingerprint density at radius 1 is 0.776 bits per heavy atom. The maximum atomic E-state index is 15.3. The minimum Gasteiger partial charge on any atom is -0.442 e. The second-order valence-corrected chi connectivity index (χ2v) is 18.6. The van der Waals surface area contributed by atoms with Crippen molar-refractivity contribution in [1.29, 1.82) is 0 Å². The molecule has 20 nitrogen and oxygen atoms in total. The highest BCUT2D eigenvalue weighted by Gasteiger charge is 2.29. The van der Waals surface area contributed by atoms with Crippen molar-refractivity contribution in [2.45, 2.75) is 106 Å². The molecule has 3 amide bonds. The first-order valence-corrected chi connectivity index (χ1v) is 22.1. The van der Waals surface area contributed by atoms with Gasteiger partial charge in [-0.15, -0.1) is 10.2 Å². The minimum atomic E-state index is -1.42. The molecule has 21 heteroatoms. The smallest absolute Gasteiger partial charge is 0.313 e. The van der Waals surface area contributed by atoms with Gasteiger partial charge in [0.05, 0.1) is 39.3 Å². The van der Waals surface area contributed by atoms with Crippen LogP contribution in [0.2, 0.25) is 0 Å². The quantitative estimate of drug-likeness (QED) is 0.0704. The molecule has 1 saturated carbocycles. The summed E-state index contributed by atoms with van der Waals surface area (Å²) in [5.74, 6) is -3.07. The maximum absolute atomic E-state index is 15.3. The number of nitrogens with one attached hydrogen (secondary N) is 4. The fraction of sp³-hybridized carbons (Fsp3) is 0.435. The summed E-state index contributed by atoms with van der Waals surface area (Å²) in [7, 11) is 0. The topological polar surface area (TPSA) is 256 Å². The molecule has 7 rings (SSSR count). The lowest BCUT2D eigenvalue weighted by Gasteiger charge is -2.21. The van der Waals surface area contributed by atoms with Crippen molar-refractivity contribution in [3.05, 3.63) is 83.4 Å². The molecule has 352 valence electrons. The number of hydrogen-bond acceptors (Lipinski definition) is 14. The summed E-state index contributed by atoms with van der Waals surface area (Å²) < 4.78 is 28.8. The zero-order valence-corrected chi connectivity index (χ0v) is 38.3. The van der Waals surface area contributed by atoms with Crippen LogP contribution in [0.4, 0.5) is 10.1 Å². The number of imidazole rings is 1. The van der Waals surface area contributed by atoms with Gasteiger partial charge in [0.1, 0.15) is 11.9 Å². The van der Waals surface area contributed by atoms with E-state index in [1.807, 2.05) is 0 Å². The Balaban J connectivity index is 1.22. The van der Waals surface area contributed by atoms with E-state index in [-0.39, 0.29) is 53.9 Å². The van der Waals surface area contributed by atoms with Gasteiger partial charge in [-0.25, -0.2) is 9.37 Å². The number of fused-ring (bicyclic) bond motifs is 1. The van der Waals surface area contributed by atoms with Crippen LogP contribution in [0.3, 0.4) is 0 Å². The molecule has 0 unspecified atom stereocenters. The van der Waals surface area contributed by atoms with Crippen LogP contribution < -0.4 is 16.0 Å². The first-order chi connectivity index (χ1) is 31.9. The summed E-state index contributed by atoms with van der Waals surface area (Å²) in [4.78, 5) is 75.6. The Labute approximate surface area is 385 Å². The highest BCUT2D eigenvalue weighted by molar-refractivity contribution is 6.11. The van der Waals surface area contributed by atoms with Crippen molar-refractivity contribution in [1.82, 2.24) is 61.0 Å². The van der Waals surface area contributed by atoms with Crippen molar-refractivity contribution < 1.29 is 37.8 Å². The van der Waals surface area contributed by atoms with Gasteiger partial charge in [-0.1, -0.05) is 43.9 Å². The largest absolute Gasteiger partial charge is 0.442 e. The molecule has 3 aromatic heterocycles. The Kier molecular flexibility index (Phi) is 14.5. The van der Waals surface area contributed by atoms with Crippen LogP contribution >= 0.6 is 0 Å². The fourth-order valence-electron chi connectivity index (χ4n) is 7.44. The molecular weight excluding hydrogens is 866 g/mol. The van der Waals surface area contributed by atoms with Crippen LogP contribution in [0.1, 0.15) is 106 Å². The van der Waals surface area contributed by atoms with Crippen LogP contribution in [0.15, 0.2) is 60.9 Å². The first kappa shape index (κ1) is 47.5. The molecule has 67 heavy (non-hydrogen) atoms. The number of rotatable bonds is 15. The average Bonchev–Trinajstić information content (AvgIpc) is 4.04. The molecule has 1 fully saturated rings. The number of tetrazole rings is 2. The SMILES string of the molecule is CC(C)(C)C(=O)OCn1nnnc1-c1cc(NC(=O)[C@H](Cc2ccccc2F)NC(=O)c2cc3nc[nH]c3cc2C(=O)NCC2CCCCCC2)cc(-c2nnnn2COC(=O)C(C)(C)C)c1. The highest BCUT2D eigenvalue weighted by Crippen LogP contribution is 2.30. The molecule has 0 bridgehead atoms. The summed E-state index contributed by atoms with van der Waals surface area (Å²) >= 11 is 0. The van der Waals surface area contributed by atoms with E-state index >= 15 is 4.39 Å². The van der Waals surface area contributed by atoms with Gasteiger partial charge in [0, 0.05) is 29.8 Å². The number of aromatic nitrogens is 10. The van der Waals surface area contributed by atoms with Crippen LogP contribution in [0, 0.1) is 22.6 Å². The molecule has 0 radical (unpaired) electrons. The first-order valence-electron chi connectivity index (χ1n) is 22.1. The number of anilines is 1. The lowest BCUT2D eigenvalue weighted by molar-refractivity contribution is -0.158. The van der Waals surface area contributed by atoms with Crippen LogP contribution in [0.25, 0.3) is 33.8 Å². The van der Waals surface area contributed by atoms with Gasteiger partial charge in [-0.2, -0.15) is 9.36 Å². The van der Waals surface area contributed by atoms with Gasteiger partial charge >= 0.3 is 11.9 Å². The Hall–Kier alpha value is -7.45. The van der Waals surface area contributed by atoms with E-state index in [1.54, 1.807) is 59.7 Å². The molecule has 1 aliphatic carbocycles. The number of H-pyrrole nitrogens is 1. The molecule has 6 aromatic rings. The van der Waals surface area contributed by atoms with E-state index in [0.29, 0.717) is 34.6 Å². The normalized spacial score (nSPS) is 14.0. The lowest BCUT2D eigenvalue weighted by atomic mass is 9.97. The summed E-state index contributed by atoms with van der Waals surface area (Å²) in [6.07, 6.45) is 7.65. The Bertz CT molecular complexity index is 2670. The standard InChI is InChI=1S/C46H54FN13O7/c1-45(2,3)43(64)66-25-59-38(53-55-57-59)29-17-30(39-54-56-58-60(39)26-67-44(65)46(4,5)6)19-31(18-29)51-42(63)37(20-28-15-11-12-16-34(28)47)52-41(62)33-22-36-35(49-24-50-36)21-32(33)40(61)48-23-27-13-9-7-8-10-14-27/h11-12,15-19,21-22,24,27,37H,7-10,13-14,20,23,25-26H2,1-6H3,(H,48,61)(H,49,50)(H,51,63)(H,52,62)/t37-/m0/s1. The van der Waals surface area contributed by atoms with Gasteiger partial charge in [-0.3, -0.25) is 24.0 Å². The van der Waals surface area contributed by atoms with Gasteiger partial charge in [0.25, 0.3) is 11.8 Å². The summed E-state index contributed by atoms with van der Waals surface area (Å²) in [6.45, 7) is 9.94. The lowest BCUT2D eigenvalue weighted by Crippen LogP contribution is -2.46. The summed E-state index contributed by atoms with van der Waals surface area (Å²) in [6, 6.07) is 12.2. The number of esters is 2. The van der Waals surface area contributed by atoms with Gasteiger partial charge < -0.3 is 30.4 Å². The predicted octanol–water partition coefficient (Wildman–Crippen LogP) is 5.78. The molecular formula is C46H54FN13O7. The van der Waals surface area contributed by atoms with Crippen molar-refractivity contribution in [2.24, 2.45) is 16.7 Å². The number of carbonyl (C=O) groups is 5. The van der Waals surface area contributed by atoms with E-state index in [4.69, 9.17) is 9.47 Å². The van der Waals surface area contributed by atoms with Gasteiger partial charge in [0.15, 0.2) is 25.1 Å². The Morgan fingerprint density at radius 3 is 1.94 bits per heavy atom. The van der Waals surface area contributed by atoms with Crippen molar-refractivity contribution in [3.63, 3.8) is 0 Å². The fourth-order valence-corrected chi connectivity index (χ4v) is 7.44. The maximum Gasteiger partial charge on any atom is 0.313 e. The van der Waals surface area contributed by atoms with Gasteiger partial charge in [0.2, 0.25) is 5.91 Å². The van der Waals surface area contributed by atoms with E-state index in [0.717, 1.165) is 38.5 Å². The van der Waals surface area contributed by atoms with Crippen LogP contribution in [-0.4, -0.2) is 92.6 Å². The molecule has 1 aliphatic rings. The third-order valence-electron chi connectivity index (χ3n) is 11.2. The minimum absolute atomic E-state index is 0.0356. The molecule has 4 N–H and O–H groups in total. The average molecular weight is 920 g/mol. The molecule has 3 heterocycles. The number of hydrogen-bond donors (Lipinski definition) is 4. The molecule has 0 spiro atoms. The third kappa shape index (κ3) is 11.9. The third-order valence-corrected chi connectivity index (χ3v) is 11.2. The van der Waals surface area contributed by atoms with E-state index in [2.05, 4.69) is 57.0 Å². The highest BCUT2D eigenvalue weighted by atomic mass is 19.1. The number of halogens is 1. The predicted molar refractivity (Wildman–Crippen MR) is 241 cm³/mol. The zero-order chi connectivity index (χ0) is 47.9. The van der Waals surface area contributed by atoms with E-state index in [9.17, 15) is 24.0 Å². The number of benzene rings is 3. The number of aromatic amines is 1. The second kappa shape index (κ2) is 20.4. The number of nitrogens with zero attached hydrogens (tertiary/aromatic N) is 9. The van der Waals surface area contributed by atoms with Crippen molar-refractivity contribution >= 4 is 46.4 Å². The van der Waals surface area contributed by atoms with Crippen LogP contribution in [0.5, 0.6) is 0 Å². The summed E-state index contributed by atoms with van der Waals surface area (Å²) in [5.41, 5.74) is 0.204. The second-order valence-electron chi connectivity index (χ2n) is 18.6. The monoisotopic (exact) mass is 919 g/mol. The Morgan fingerprint density at radius 2 is 1.36 bits per heavy atom. The van der Waals surface area contributed by atoms with E-state index in [1.165, 1.54) is 52.1 Å². The number of amides is 3. The summed E-state index contributed by atoms with van der Waals surface area (Å²) in [5, 5.41) is 32.6. The molecule has 1 atom stereocenters. The van der Waals surface area contributed by atoms with Crippen LogP contribution in [-0.2, 0) is 43.7 Å². The van der Waals surface area contributed by atoms with Crippen molar-refractivity contribution in [2.75, 3.05) is 11.9 Å². The van der Waals surface area contributed by atoms with Gasteiger partial charge in [-0.05, 0) is 123 Å². The van der Waals surface area contributed by atoms with E-state index < -0.39 is 52.3 Å². The number of ether oxygens (including phenoxy) is 2. The molecule has 3 aromatic carbocycles. The molecule has 0 aliphatic heterocycles. The number of carbonyl (C=O) groups excluding carboxylic acids is 5. The van der Waals surface area contributed by atoms with Crippen molar-refractivity contribution in [3.8, 4) is 22.8 Å². The molecule has 0 saturated heterocycles. The zero-order valence-electron chi connectivity index (χ0n) is 38.3.